The molecule has 0 fully saturated rings. The number of anilines is 2. The van der Waals surface area contributed by atoms with Gasteiger partial charge in [0.25, 0.3) is 0 Å². The van der Waals surface area contributed by atoms with Crippen molar-refractivity contribution in [1.82, 2.24) is 4.98 Å². The Hall–Kier alpha value is -1.10. The molecule has 0 aliphatic heterocycles. The molecule has 1 aromatic heterocycles. The van der Waals surface area contributed by atoms with Gasteiger partial charge in [0.1, 0.15) is 5.82 Å². The van der Waals surface area contributed by atoms with Crippen LogP contribution in [0.15, 0.2) is 12.3 Å². The predicted octanol–water partition coefficient (Wildman–Crippen LogP) is 0.763. The van der Waals surface area contributed by atoms with Crippen molar-refractivity contribution in [3.63, 3.8) is 0 Å². The van der Waals surface area contributed by atoms with Crippen molar-refractivity contribution < 1.29 is 4.21 Å². The van der Waals surface area contributed by atoms with Gasteiger partial charge in [-0.1, -0.05) is 0 Å². The van der Waals surface area contributed by atoms with Crippen LogP contribution in [0.3, 0.4) is 0 Å². The molecule has 1 atom stereocenters. The minimum atomic E-state index is -0.781. The number of hydrogen-bond donors (Lipinski definition) is 2. The van der Waals surface area contributed by atoms with Crippen LogP contribution in [-0.2, 0) is 10.8 Å². The van der Waals surface area contributed by atoms with Crippen LogP contribution in [0.2, 0.25) is 0 Å². The fourth-order valence-corrected chi connectivity index (χ4v) is 1.44. The second-order valence-electron chi connectivity index (χ2n) is 3.15. The Bertz CT molecular complexity index is 341. The van der Waals surface area contributed by atoms with Crippen LogP contribution >= 0.6 is 0 Å². The molecule has 1 aromatic rings. The van der Waals surface area contributed by atoms with Crippen molar-refractivity contribution in [3.8, 4) is 0 Å². The molecule has 14 heavy (non-hydrogen) atoms. The molecule has 0 spiro atoms. The van der Waals surface area contributed by atoms with Gasteiger partial charge in [-0.15, -0.1) is 0 Å². The second-order valence-corrected chi connectivity index (χ2v) is 4.71. The highest BCUT2D eigenvalue weighted by Gasteiger charge is 1.99. The number of rotatable bonds is 4. The molecule has 0 amide bonds. The van der Waals surface area contributed by atoms with E-state index in [1.165, 1.54) is 0 Å². The van der Waals surface area contributed by atoms with E-state index >= 15 is 0 Å². The summed E-state index contributed by atoms with van der Waals surface area (Å²) in [6, 6.07) is 1.86. The third kappa shape index (κ3) is 3.33. The van der Waals surface area contributed by atoms with Gasteiger partial charge in [0, 0.05) is 35.5 Å². The number of nitrogens with zero attached hydrogens (tertiary/aromatic N) is 1. The molecule has 1 unspecified atom stereocenters. The van der Waals surface area contributed by atoms with Crippen LogP contribution in [0.25, 0.3) is 0 Å². The summed E-state index contributed by atoms with van der Waals surface area (Å²) in [4.78, 5) is 4.14. The number of nitrogens with one attached hydrogen (secondary N) is 1. The molecule has 0 bridgehead atoms. The van der Waals surface area contributed by atoms with Crippen LogP contribution in [0, 0.1) is 6.92 Å². The minimum absolute atomic E-state index is 0.606. The Morgan fingerprint density at radius 3 is 2.93 bits per heavy atom. The lowest BCUT2D eigenvalue weighted by Gasteiger charge is -2.07. The average molecular weight is 213 g/mol. The van der Waals surface area contributed by atoms with Crippen molar-refractivity contribution >= 4 is 22.3 Å². The first-order valence-electron chi connectivity index (χ1n) is 4.35. The highest BCUT2D eigenvalue weighted by molar-refractivity contribution is 7.84. The molecular weight excluding hydrogens is 198 g/mol. The van der Waals surface area contributed by atoms with E-state index in [2.05, 4.69) is 10.3 Å². The predicted molar refractivity (Wildman–Crippen MR) is 60.8 cm³/mol. The van der Waals surface area contributed by atoms with Gasteiger partial charge in [-0.05, 0) is 18.6 Å². The van der Waals surface area contributed by atoms with Crippen LogP contribution in [0.1, 0.15) is 5.56 Å². The fraction of sp³-hybridized carbons (Fsp3) is 0.444. The van der Waals surface area contributed by atoms with E-state index in [0.717, 1.165) is 5.56 Å². The maximum absolute atomic E-state index is 10.8. The Balaban J connectivity index is 2.55. The number of aromatic nitrogens is 1. The lowest BCUT2D eigenvalue weighted by molar-refractivity contribution is 0.687. The van der Waals surface area contributed by atoms with Crippen molar-refractivity contribution in [3.05, 3.63) is 17.8 Å². The number of hydrogen-bond acceptors (Lipinski definition) is 4. The largest absolute Gasteiger partial charge is 0.396 e. The van der Waals surface area contributed by atoms with Crippen molar-refractivity contribution in [1.29, 1.82) is 0 Å². The molecule has 3 N–H and O–H groups in total. The summed E-state index contributed by atoms with van der Waals surface area (Å²) in [5, 5.41) is 3.04. The molecule has 1 rings (SSSR count). The summed E-state index contributed by atoms with van der Waals surface area (Å²) in [5.74, 6) is 1.27. The first kappa shape index (κ1) is 11.0. The summed E-state index contributed by atoms with van der Waals surface area (Å²) in [6.45, 7) is 2.57. The lowest BCUT2D eigenvalue weighted by Crippen LogP contribution is -2.12. The average Bonchev–Trinajstić information content (AvgIpc) is 2.08. The van der Waals surface area contributed by atoms with Gasteiger partial charge in [-0.2, -0.15) is 0 Å². The van der Waals surface area contributed by atoms with E-state index in [1.54, 1.807) is 12.5 Å². The smallest absolute Gasteiger partial charge is 0.149 e. The first-order chi connectivity index (χ1) is 6.59. The number of nitrogen functional groups attached to an aromatic ring is 1. The van der Waals surface area contributed by atoms with Gasteiger partial charge in [-0.3, -0.25) is 4.21 Å². The third-order valence-electron chi connectivity index (χ3n) is 1.74. The number of aryl methyl sites for hydroxylation is 1. The quantitative estimate of drug-likeness (QED) is 0.775. The maximum Gasteiger partial charge on any atom is 0.149 e. The summed E-state index contributed by atoms with van der Waals surface area (Å²) in [5.41, 5.74) is 7.40. The van der Waals surface area contributed by atoms with Gasteiger partial charge in [0.2, 0.25) is 0 Å². The molecule has 0 saturated heterocycles. The highest BCUT2D eigenvalue weighted by Crippen LogP contribution is 2.14. The Kier molecular flexibility index (Phi) is 3.88. The van der Waals surface area contributed by atoms with Gasteiger partial charge in [0.15, 0.2) is 0 Å². The third-order valence-corrected chi connectivity index (χ3v) is 2.51. The molecule has 4 nitrogen and oxygen atoms in total. The summed E-state index contributed by atoms with van der Waals surface area (Å²) in [7, 11) is -0.781. The summed E-state index contributed by atoms with van der Waals surface area (Å²) in [6.07, 6.45) is 3.43. The molecule has 0 aliphatic rings. The Morgan fingerprint density at radius 1 is 1.64 bits per heavy atom. The Labute approximate surface area is 86.4 Å². The summed E-state index contributed by atoms with van der Waals surface area (Å²) >= 11 is 0. The van der Waals surface area contributed by atoms with Gasteiger partial charge in [-0.25, -0.2) is 4.98 Å². The van der Waals surface area contributed by atoms with Crippen LogP contribution in [0.4, 0.5) is 11.5 Å². The zero-order valence-electron chi connectivity index (χ0n) is 8.41. The first-order valence-corrected chi connectivity index (χ1v) is 6.08. The number of nitrogens with two attached hydrogens (primary N) is 1. The van der Waals surface area contributed by atoms with Crippen molar-refractivity contribution in [2.75, 3.05) is 29.6 Å². The zero-order valence-corrected chi connectivity index (χ0v) is 9.23. The minimum Gasteiger partial charge on any atom is -0.396 e. The van der Waals surface area contributed by atoms with E-state index in [9.17, 15) is 4.21 Å². The normalized spacial score (nSPS) is 12.4. The molecule has 0 aromatic carbocycles. The molecule has 78 valence electrons. The van der Waals surface area contributed by atoms with E-state index in [1.807, 2.05) is 13.0 Å². The molecule has 1 heterocycles. The van der Waals surface area contributed by atoms with E-state index in [4.69, 9.17) is 5.73 Å². The second kappa shape index (κ2) is 4.95. The molecule has 0 aliphatic carbocycles. The monoisotopic (exact) mass is 213 g/mol. The van der Waals surface area contributed by atoms with E-state index in [0.29, 0.717) is 23.8 Å². The topological polar surface area (TPSA) is 68.0 Å². The number of pyridine rings is 1. The highest BCUT2D eigenvalue weighted by atomic mass is 32.2. The maximum atomic E-state index is 10.8. The van der Waals surface area contributed by atoms with Crippen molar-refractivity contribution in [2.24, 2.45) is 0 Å². The van der Waals surface area contributed by atoms with Crippen LogP contribution in [-0.4, -0.2) is 27.7 Å². The lowest BCUT2D eigenvalue weighted by atomic mass is 10.3. The molecule has 5 heteroatoms. The molecular formula is C9H15N3OS. The van der Waals surface area contributed by atoms with E-state index in [-0.39, 0.29) is 0 Å². The standard InChI is InChI=1S/C9H15N3OS/c1-7-5-8(10)9(12-6-7)11-3-4-14(2)13/h5-6H,3-4,10H2,1-2H3,(H,11,12). The SMILES string of the molecule is Cc1cnc(NCCS(C)=O)c(N)c1. The zero-order chi connectivity index (χ0) is 10.6. The Morgan fingerprint density at radius 2 is 2.36 bits per heavy atom. The van der Waals surface area contributed by atoms with Crippen LogP contribution in [0.5, 0.6) is 0 Å². The van der Waals surface area contributed by atoms with Crippen molar-refractivity contribution in [2.45, 2.75) is 6.92 Å². The van der Waals surface area contributed by atoms with Gasteiger partial charge < -0.3 is 11.1 Å². The van der Waals surface area contributed by atoms with E-state index < -0.39 is 10.8 Å². The molecule has 0 radical (unpaired) electrons. The summed E-state index contributed by atoms with van der Waals surface area (Å²) < 4.78 is 10.8. The van der Waals surface area contributed by atoms with Crippen LogP contribution < -0.4 is 11.1 Å². The van der Waals surface area contributed by atoms with Gasteiger partial charge >= 0.3 is 0 Å². The molecule has 0 saturated carbocycles. The fourth-order valence-electron chi connectivity index (χ4n) is 1.05. The van der Waals surface area contributed by atoms with Gasteiger partial charge in [0.05, 0.1) is 5.69 Å².